The molecule has 0 atom stereocenters. The summed E-state index contributed by atoms with van der Waals surface area (Å²) in [6.45, 7) is -0.532. The number of piperazine rings is 1. The number of carbonyl (C=O) groups excluding carboxylic acids is 1. The fourth-order valence-corrected chi connectivity index (χ4v) is 2.15. The molecular formula is C12H14F4N4O. The van der Waals surface area contributed by atoms with Crippen LogP contribution in [0.15, 0.2) is 12.3 Å². The Morgan fingerprint density at radius 3 is 2.48 bits per heavy atom. The first-order chi connectivity index (χ1) is 9.76. The van der Waals surface area contributed by atoms with Crippen LogP contribution in [-0.4, -0.2) is 59.6 Å². The van der Waals surface area contributed by atoms with Gasteiger partial charge in [0.1, 0.15) is 11.6 Å². The van der Waals surface area contributed by atoms with Gasteiger partial charge in [0, 0.05) is 26.2 Å². The summed E-state index contributed by atoms with van der Waals surface area (Å²) in [6.07, 6.45) is -3.36. The number of nitrogens with zero attached hydrogens (tertiary/aromatic N) is 3. The number of carbonyl (C=O) groups is 1. The maximum absolute atomic E-state index is 13.1. The van der Waals surface area contributed by atoms with E-state index in [0.29, 0.717) is 0 Å². The molecule has 0 aromatic carbocycles. The summed E-state index contributed by atoms with van der Waals surface area (Å²) >= 11 is 0. The number of rotatable bonds is 2. The molecule has 9 heteroatoms. The summed E-state index contributed by atoms with van der Waals surface area (Å²) in [5.41, 5.74) is 5.45. The average Bonchev–Trinajstić information content (AvgIpc) is 2.40. The average molecular weight is 306 g/mol. The second-order valence-electron chi connectivity index (χ2n) is 4.77. The molecule has 1 aromatic heterocycles. The first-order valence-corrected chi connectivity index (χ1v) is 6.25. The van der Waals surface area contributed by atoms with Crippen LogP contribution in [-0.2, 0) is 0 Å². The number of amides is 1. The van der Waals surface area contributed by atoms with Crippen molar-refractivity contribution in [1.82, 2.24) is 14.8 Å². The Morgan fingerprint density at radius 2 is 1.90 bits per heavy atom. The normalized spacial score (nSPS) is 17.0. The van der Waals surface area contributed by atoms with E-state index in [1.165, 1.54) is 9.80 Å². The number of nitrogen functional groups attached to an aromatic ring is 1. The molecule has 0 spiro atoms. The van der Waals surface area contributed by atoms with Crippen molar-refractivity contribution in [2.45, 2.75) is 6.18 Å². The van der Waals surface area contributed by atoms with Crippen molar-refractivity contribution in [3.05, 3.63) is 23.6 Å². The summed E-state index contributed by atoms with van der Waals surface area (Å²) < 4.78 is 49.9. The summed E-state index contributed by atoms with van der Waals surface area (Å²) in [5.74, 6) is -1.31. The standard InChI is InChI=1S/C12H14F4N4O/c13-8-5-9(10(17)18-6-8)11(21)20-3-1-19(2-4-20)7-12(14,15)16/h5-6H,1-4,7H2,(H2,17,18). The zero-order valence-corrected chi connectivity index (χ0v) is 11.0. The lowest BCUT2D eigenvalue weighted by Gasteiger charge is -2.35. The van der Waals surface area contributed by atoms with Crippen molar-refractivity contribution < 1.29 is 22.4 Å². The van der Waals surface area contributed by atoms with Crippen LogP contribution in [0.25, 0.3) is 0 Å². The Hall–Kier alpha value is -1.90. The number of hydrogen-bond donors (Lipinski definition) is 1. The quantitative estimate of drug-likeness (QED) is 0.832. The van der Waals surface area contributed by atoms with E-state index in [0.717, 1.165) is 12.3 Å². The molecule has 0 radical (unpaired) electrons. The highest BCUT2D eigenvalue weighted by molar-refractivity contribution is 5.98. The molecule has 21 heavy (non-hydrogen) atoms. The van der Waals surface area contributed by atoms with Gasteiger partial charge in [-0.1, -0.05) is 0 Å². The summed E-state index contributed by atoms with van der Waals surface area (Å²) in [6, 6.07) is 0.979. The summed E-state index contributed by atoms with van der Waals surface area (Å²) in [4.78, 5) is 18.3. The van der Waals surface area contributed by atoms with Crippen LogP contribution in [0.4, 0.5) is 23.4 Å². The molecule has 5 nitrogen and oxygen atoms in total. The van der Waals surface area contributed by atoms with Crippen molar-refractivity contribution in [1.29, 1.82) is 0 Å². The molecule has 0 saturated carbocycles. The van der Waals surface area contributed by atoms with Crippen molar-refractivity contribution in [2.24, 2.45) is 0 Å². The fraction of sp³-hybridized carbons (Fsp3) is 0.500. The van der Waals surface area contributed by atoms with Gasteiger partial charge in [0.05, 0.1) is 18.3 Å². The third kappa shape index (κ3) is 4.03. The highest BCUT2D eigenvalue weighted by Crippen LogP contribution is 2.19. The van der Waals surface area contributed by atoms with E-state index >= 15 is 0 Å². The second-order valence-corrected chi connectivity index (χ2v) is 4.77. The topological polar surface area (TPSA) is 62.5 Å². The SMILES string of the molecule is Nc1ncc(F)cc1C(=O)N1CCN(CC(F)(F)F)CC1. The van der Waals surface area contributed by atoms with Gasteiger partial charge < -0.3 is 10.6 Å². The third-order valence-electron chi connectivity index (χ3n) is 3.18. The number of alkyl halides is 3. The predicted molar refractivity (Wildman–Crippen MR) is 67.0 cm³/mol. The number of anilines is 1. The lowest BCUT2D eigenvalue weighted by molar-refractivity contribution is -0.148. The number of hydrogen-bond acceptors (Lipinski definition) is 4. The molecule has 1 aromatic rings. The van der Waals surface area contributed by atoms with Gasteiger partial charge in [0.25, 0.3) is 5.91 Å². The Kier molecular flexibility index (Phi) is 4.31. The van der Waals surface area contributed by atoms with E-state index in [1.807, 2.05) is 0 Å². The van der Waals surface area contributed by atoms with Crippen molar-refractivity contribution in [3.8, 4) is 0 Å². The molecule has 0 bridgehead atoms. The molecular weight excluding hydrogens is 292 g/mol. The third-order valence-corrected chi connectivity index (χ3v) is 3.18. The first-order valence-electron chi connectivity index (χ1n) is 6.25. The number of pyridine rings is 1. The first kappa shape index (κ1) is 15.5. The lowest BCUT2D eigenvalue weighted by atomic mass is 10.2. The zero-order chi connectivity index (χ0) is 15.6. The molecule has 1 saturated heterocycles. The van der Waals surface area contributed by atoms with Gasteiger partial charge in [-0.2, -0.15) is 13.2 Å². The molecule has 1 fully saturated rings. The van der Waals surface area contributed by atoms with E-state index in [4.69, 9.17) is 5.73 Å². The van der Waals surface area contributed by atoms with Crippen molar-refractivity contribution >= 4 is 11.7 Å². The highest BCUT2D eigenvalue weighted by atomic mass is 19.4. The van der Waals surface area contributed by atoms with Gasteiger partial charge in [-0.25, -0.2) is 9.37 Å². The van der Waals surface area contributed by atoms with Crippen LogP contribution in [0.5, 0.6) is 0 Å². The van der Waals surface area contributed by atoms with Gasteiger partial charge in [-0.3, -0.25) is 9.69 Å². The lowest BCUT2D eigenvalue weighted by Crippen LogP contribution is -2.51. The Bertz CT molecular complexity index is 526. The van der Waals surface area contributed by atoms with Crippen LogP contribution in [0.1, 0.15) is 10.4 Å². The summed E-state index contributed by atoms with van der Waals surface area (Å²) in [5, 5.41) is 0. The van der Waals surface area contributed by atoms with E-state index in [2.05, 4.69) is 4.98 Å². The van der Waals surface area contributed by atoms with Crippen LogP contribution < -0.4 is 5.73 Å². The van der Waals surface area contributed by atoms with Crippen LogP contribution >= 0.6 is 0 Å². The fourth-order valence-electron chi connectivity index (χ4n) is 2.15. The summed E-state index contributed by atoms with van der Waals surface area (Å²) in [7, 11) is 0. The number of nitrogens with two attached hydrogens (primary N) is 1. The van der Waals surface area contributed by atoms with Crippen LogP contribution in [0.2, 0.25) is 0 Å². The molecule has 2 N–H and O–H groups in total. The monoisotopic (exact) mass is 306 g/mol. The van der Waals surface area contributed by atoms with Crippen LogP contribution in [0, 0.1) is 5.82 Å². The molecule has 1 aliphatic rings. The molecule has 0 unspecified atom stereocenters. The maximum atomic E-state index is 13.1. The van der Waals surface area contributed by atoms with Crippen molar-refractivity contribution in [2.75, 3.05) is 38.5 Å². The molecule has 1 aliphatic heterocycles. The molecule has 1 amide bonds. The minimum absolute atomic E-state index is 0.0701. The molecule has 0 aliphatic carbocycles. The van der Waals surface area contributed by atoms with Crippen molar-refractivity contribution in [3.63, 3.8) is 0 Å². The van der Waals surface area contributed by atoms with Gasteiger partial charge in [-0.05, 0) is 6.07 Å². The second kappa shape index (κ2) is 5.84. The smallest absolute Gasteiger partial charge is 0.383 e. The molecule has 2 heterocycles. The van der Waals surface area contributed by atoms with Gasteiger partial charge in [0.2, 0.25) is 0 Å². The van der Waals surface area contributed by atoms with E-state index < -0.39 is 24.4 Å². The van der Waals surface area contributed by atoms with E-state index in [1.54, 1.807) is 0 Å². The van der Waals surface area contributed by atoms with E-state index in [9.17, 15) is 22.4 Å². The molecule has 116 valence electrons. The van der Waals surface area contributed by atoms with Gasteiger partial charge in [-0.15, -0.1) is 0 Å². The Labute approximate surface area is 118 Å². The minimum atomic E-state index is -4.26. The zero-order valence-electron chi connectivity index (χ0n) is 11.0. The van der Waals surface area contributed by atoms with Crippen LogP contribution in [0.3, 0.4) is 0 Å². The highest BCUT2D eigenvalue weighted by Gasteiger charge is 2.33. The largest absolute Gasteiger partial charge is 0.401 e. The Balaban J connectivity index is 1.99. The van der Waals surface area contributed by atoms with E-state index in [-0.39, 0.29) is 37.6 Å². The maximum Gasteiger partial charge on any atom is 0.401 e. The number of halogens is 4. The Morgan fingerprint density at radius 1 is 1.29 bits per heavy atom. The minimum Gasteiger partial charge on any atom is -0.383 e. The van der Waals surface area contributed by atoms with Gasteiger partial charge >= 0.3 is 6.18 Å². The number of aromatic nitrogens is 1. The predicted octanol–water partition coefficient (Wildman–Crippen LogP) is 1.12. The van der Waals surface area contributed by atoms with Gasteiger partial charge in [0.15, 0.2) is 0 Å². The molecule has 2 rings (SSSR count).